The fraction of sp³-hybridized carbons (Fsp3) is 0.0625. The molecule has 0 unspecified atom stereocenters. The Kier molecular flexibility index (Phi) is 8.01. The number of amides is 1. The lowest BCUT2D eigenvalue weighted by Gasteiger charge is -2.10. The van der Waals surface area contributed by atoms with E-state index in [0.29, 0.717) is 39.6 Å². The molecule has 204 valence electrons. The van der Waals surface area contributed by atoms with E-state index in [9.17, 15) is 14.4 Å². The van der Waals surface area contributed by atoms with Gasteiger partial charge < -0.3 is 21.0 Å². The van der Waals surface area contributed by atoms with Gasteiger partial charge in [-0.2, -0.15) is 5.26 Å². The number of nitrogens with two attached hydrogens (primary N) is 2. The summed E-state index contributed by atoms with van der Waals surface area (Å²) < 4.78 is 15.4. The zero-order valence-electron chi connectivity index (χ0n) is 21.9. The highest BCUT2D eigenvalue weighted by atomic mass is 35.5. The second-order valence-corrected chi connectivity index (χ2v) is 9.94. The monoisotopic (exact) mass is 564 g/mol. The van der Waals surface area contributed by atoms with Crippen LogP contribution in [-0.2, 0) is 13.1 Å². The molecule has 0 fully saturated rings. The largest absolute Gasteiger partial charge is 0.397 e. The summed E-state index contributed by atoms with van der Waals surface area (Å²) in [5, 5.41) is 14.5. The summed E-state index contributed by atoms with van der Waals surface area (Å²) in [5.74, 6) is 4.91. The average Bonchev–Trinajstić information content (AvgIpc) is 3.32. The fourth-order valence-electron chi connectivity index (χ4n) is 4.61. The maximum atomic E-state index is 13.4. The van der Waals surface area contributed by atoms with E-state index in [2.05, 4.69) is 16.8 Å². The number of fused-ring (bicyclic) bond motifs is 1. The minimum Gasteiger partial charge on any atom is -0.397 e. The number of rotatable bonds is 8. The number of anilines is 2. The standard InChI is InChI=1S/C32H26ClFN6O/c33-26-7-10-28-25(19-40(31(28)15-26)18-20-4-8-27(34)9-5-20)14-24(16-35)22-2-1-3-23(13-22)32(41)38-17-21-6-11-29(36)30(12-21)39-37/h1-15,19,39H,17-18,36-37H2,(H,38,41)/b24-14+. The molecule has 0 spiro atoms. The molecule has 0 aliphatic rings. The Morgan fingerprint density at radius 1 is 1.00 bits per heavy atom. The summed E-state index contributed by atoms with van der Waals surface area (Å²) in [6.45, 7) is 0.772. The molecule has 1 heterocycles. The molecule has 6 N–H and O–H groups in total. The van der Waals surface area contributed by atoms with E-state index in [-0.39, 0.29) is 18.3 Å². The van der Waals surface area contributed by atoms with Crippen LogP contribution in [0.1, 0.15) is 32.6 Å². The van der Waals surface area contributed by atoms with Crippen LogP contribution in [-0.4, -0.2) is 10.5 Å². The van der Waals surface area contributed by atoms with Crippen LogP contribution in [0.3, 0.4) is 0 Å². The number of hydrazine groups is 1. The van der Waals surface area contributed by atoms with Gasteiger partial charge in [0.1, 0.15) is 5.82 Å². The van der Waals surface area contributed by atoms with Gasteiger partial charge in [-0.05, 0) is 71.3 Å². The molecule has 5 aromatic rings. The maximum Gasteiger partial charge on any atom is 0.251 e. The molecule has 0 bridgehead atoms. The number of nitrogens with one attached hydrogen (secondary N) is 2. The predicted octanol–water partition coefficient (Wildman–Crippen LogP) is 6.34. The number of nitriles is 1. The fourth-order valence-corrected chi connectivity index (χ4v) is 4.78. The van der Waals surface area contributed by atoms with Crippen molar-refractivity contribution < 1.29 is 9.18 Å². The van der Waals surface area contributed by atoms with Crippen LogP contribution in [0, 0.1) is 17.1 Å². The topological polar surface area (TPSA) is 122 Å². The smallest absolute Gasteiger partial charge is 0.251 e. The average molecular weight is 565 g/mol. The number of allylic oxidation sites excluding steroid dienone is 1. The first kappa shape index (κ1) is 27.5. The molecule has 0 aliphatic heterocycles. The normalized spacial score (nSPS) is 11.3. The summed E-state index contributed by atoms with van der Waals surface area (Å²) in [6.07, 6.45) is 3.74. The van der Waals surface area contributed by atoms with Crippen LogP contribution in [0.5, 0.6) is 0 Å². The third-order valence-corrected chi connectivity index (χ3v) is 6.96. The SMILES string of the molecule is N#C/C(=C\c1cn(Cc2ccc(F)cc2)c2cc(Cl)ccc12)c1cccc(C(=O)NCc2ccc(N)c(NN)c2)c1. The number of nitrogens with zero attached hydrogens (tertiary/aromatic N) is 2. The molecule has 41 heavy (non-hydrogen) atoms. The van der Waals surface area contributed by atoms with E-state index in [1.54, 1.807) is 60.7 Å². The van der Waals surface area contributed by atoms with Gasteiger partial charge in [-0.25, -0.2) is 4.39 Å². The molecule has 5 rings (SSSR count). The highest BCUT2D eigenvalue weighted by molar-refractivity contribution is 6.31. The Morgan fingerprint density at radius 2 is 1.76 bits per heavy atom. The highest BCUT2D eigenvalue weighted by Crippen LogP contribution is 2.29. The number of hydrogen-bond donors (Lipinski definition) is 4. The van der Waals surface area contributed by atoms with Crippen molar-refractivity contribution >= 4 is 51.4 Å². The number of nitrogen functional groups attached to an aromatic ring is 2. The Bertz CT molecular complexity index is 1820. The second kappa shape index (κ2) is 12.0. The Morgan fingerprint density at radius 3 is 2.51 bits per heavy atom. The van der Waals surface area contributed by atoms with E-state index in [4.69, 9.17) is 23.2 Å². The van der Waals surface area contributed by atoms with Crippen molar-refractivity contribution in [3.63, 3.8) is 0 Å². The predicted molar refractivity (Wildman–Crippen MR) is 162 cm³/mol. The zero-order chi connectivity index (χ0) is 28.9. The number of carbonyl (C=O) groups excluding carboxylic acids is 1. The van der Waals surface area contributed by atoms with Crippen molar-refractivity contribution in [1.82, 2.24) is 9.88 Å². The number of carbonyl (C=O) groups is 1. The van der Waals surface area contributed by atoms with Gasteiger partial charge in [0, 0.05) is 40.8 Å². The van der Waals surface area contributed by atoms with Crippen molar-refractivity contribution in [2.75, 3.05) is 11.2 Å². The van der Waals surface area contributed by atoms with Crippen LogP contribution in [0.4, 0.5) is 15.8 Å². The van der Waals surface area contributed by atoms with Crippen LogP contribution in [0.2, 0.25) is 5.02 Å². The summed E-state index contributed by atoms with van der Waals surface area (Å²) in [4.78, 5) is 12.9. The number of benzene rings is 4. The number of aromatic nitrogens is 1. The zero-order valence-corrected chi connectivity index (χ0v) is 22.6. The Balaban J connectivity index is 1.42. The summed E-state index contributed by atoms with van der Waals surface area (Å²) in [5.41, 5.74) is 14.3. The Labute approximate surface area is 241 Å². The van der Waals surface area contributed by atoms with Crippen LogP contribution >= 0.6 is 11.6 Å². The highest BCUT2D eigenvalue weighted by Gasteiger charge is 2.13. The Hall–Kier alpha value is -5.10. The van der Waals surface area contributed by atoms with Gasteiger partial charge in [-0.3, -0.25) is 10.6 Å². The van der Waals surface area contributed by atoms with Gasteiger partial charge in [-0.15, -0.1) is 0 Å². The first-order valence-electron chi connectivity index (χ1n) is 12.7. The third-order valence-electron chi connectivity index (χ3n) is 6.72. The molecular formula is C32H26ClFN6O. The molecule has 0 saturated heterocycles. The minimum atomic E-state index is -0.296. The van der Waals surface area contributed by atoms with Crippen LogP contribution in [0.15, 0.2) is 91.1 Å². The number of hydrogen-bond acceptors (Lipinski definition) is 5. The third kappa shape index (κ3) is 6.23. The van der Waals surface area contributed by atoms with Crippen molar-refractivity contribution in [1.29, 1.82) is 5.26 Å². The van der Waals surface area contributed by atoms with Gasteiger partial charge in [0.25, 0.3) is 5.91 Å². The lowest BCUT2D eigenvalue weighted by Crippen LogP contribution is -2.23. The lowest BCUT2D eigenvalue weighted by molar-refractivity contribution is 0.0951. The van der Waals surface area contributed by atoms with Crippen molar-refractivity contribution in [3.05, 3.63) is 130 Å². The molecule has 0 atom stereocenters. The van der Waals surface area contributed by atoms with Gasteiger partial charge >= 0.3 is 0 Å². The second-order valence-electron chi connectivity index (χ2n) is 9.50. The quantitative estimate of drug-likeness (QED) is 0.0757. The van der Waals surface area contributed by atoms with E-state index < -0.39 is 0 Å². The van der Waals surface area contributed by atoms with Crippen LogP contribution < -0.4 is 22.3 Å². The first-order chi connectivity index (χ1) is 19.8. The van der Waals surface area contributed by atoms with Crippen molar-refractivity contribution in [3.8, 4) is 6.07 Å². The summed E-state index contributed by atoms with van der Waals surface area (Å²) in [6, 6.07) is 26.4. The maximum absolute atomic E-state index is 13.4. The van der Waals surface area contributed by atoms with E-state index in [1.165, 1.54) is 12.1 Å². The summed E-state index contributed by atoms with van der Waals surface area (Å²) >= 11 is 6.30. The molecule has 9 heteroatoms. The molecule has 0 aliphatic carbocycles. The lowest BCUT2D eigenvalue weighted by atomic mass is 10.0. The van der Waals surface area contributed by atoms with Gasteiger partial charge in [-0.1, -0.05) is 48.0 Å². The molecule has 0 radical (unpaired) electrons. The first-order valence-corrected chi connectivity index (χ1v) is 13.1. The van der Waals surface area contributed by atoms with Crippen molar-refractivity contribution in [2.45, 2.75) is 13.1 Å². The summed E-state index contributed by atoms with van der Waals surface area (Å²) in [7, 11) is 0. The van der Waals surface area contributed by atoms with E-state index >= 15 is 0 Å². The van der Waals surface area contributed by atoms with E-state index in [0.717, 1.165) is 27.6 Å². The molecule has 1 amide bonds. The van der Waals surface area contributed by atoms with Crippen molar-refractivity contribution in [2.24, 2.45) is 5.84 Å². The van der Waals surface area contributed by atoms with Gasteiger partial charge in [0.2, 0.25) is 0 Å². The number of halogens is 2. The molecular weight excluding hydrogens is 539 g/mol. The molecule has 7 nitrogen and oxygen atoms in total. The minimum absolute atomic E-state index is 0.273. The van der Waals surface area contributed by atoms with E-state index in [1.807, 2.05) is 29.0 Å². The van der Waals surface area contributed by atoms with Gasteiger partial charge in [0.15, 0.2) is 0 Å². The molecule has 0 saturated carbocycles. The van der Waals surface area contributed by atoms with Crippen LogP contribution in [0.25, 0.3) is 22.6 Å². The molecule has 1 aromatic heterocycles. The molecule has 4 aromatic carbocycles. The van der Waals surface area contributed by atoms with Gasteiger partial charge in [0.05, 0.1) is 28.5 Å².